The largest absolute Gasteiger partial charge is 0.477 e. The third kappa shape index (κ3) is 2.13. The second-order valence-corrected chi connectivity index (χ2v) is 2.44. The quantitative estimate of drug-likeness (QED) is 0.694. The lowest BCUT2D eigenvalue weighted by atomic mass is 9.96. The van der Waals surface area contributed by atoms with Gasteiger partial charge < -0.3 is 5.11 Å². The Morgan fingerprint density at radius 2 is 1.82 bits per heavy atom. The van der Waals surface area contributed by atoms with Crippen molar-refractivity contribution in [3.63, 3.8) is 0 Å². The van der Waals surface area contributed by atoms with Gasteiger partial charge in [0.1, 0.15) is 0 Å². The average Bonchev–Trinajstić information content (AvgIpc) is 1.89. The van der Waals surface area contributed by atoms with Crippen molar-refractivity contribution in [1.29, 1.82) is 0 Å². The highest BCUT2D eigenvalue weighted by molar-refractivity contribution is 5.75. The molecule has 4 heteroatoms. The van der Waals surface area contributed by atoms with E-state index in [4.69, 9.17) is 5.11 Å². The van der Waals surface area contributed by atoms with Gasteiger partial charge in [0.15, 0.2) is 0 Å². The molecule has 66 valence electrons. The molecule has 0 atom stereocenters. The summed E-state index contributed by atoms with van der Waals surface area (Å²) in [5.41, 5.74) is 0. The van der Waals surface area contributed by atoms with E-state index in [0.29, 0.717) is 0 Å². The minimum Gasteiger partial charge on any atom is -0.477 e. The Balaban J connectivity index is 4.36. The van der Waals surface area contributed by atoms with Crippen LogP contribution in [0.1, 0.15) is 26.7 Å². The van der Waals surface area contributed by atoms with Crippen LogP contribution >= 0.6 is 0 Å². The molecule has 0 aliphatic carbocycles. The maximum atomic E-state index is 12.6. The number of carbonyl (C=O) groups is 1. The first-order valence-electron chi connectivity index (χ1n) is 3.58. The van der Waals surface area contributed by atoms with Crippen molar-refractivity contribution in [2.45, 2.75) is 32.6 Å². The number of carboxylic acid groups (broad SMARTS) is 1. The van der Waals surface area contributed by atoms with Crippen LogP contribution in [0.5, 0.6) is 0 Å². The van der Waals surface area contributed by atoms with Crippen molar-refractivity contribution in [2.24, 2.45) is 5.92 Å². The monoisotopic (exact) mass is 166 g/mol. The summed E-state index contributed by atoms with van der Waals surface area (Å²) < 4.78 is 25.2. The molecule has 0 rings (SSSR count). The van der Waals surface area contributed by atoms with Gasteiger partial charge in [-0.05, 0) is 12.8 Å². The fourth-order valence-electron chi connectivity index (χ4n) is 0.976. The van der Waals surface area contributed by atoms with Gasteiger partial charge in [0.25, 0.3) is 0 Å². The van der Waals surface area contributed by atoms with Crippen molar-refractivity contribution in [3.05, 3.63) is 0 Å². The third-order valence-corrected chi connectivity index (χ3v) is 1.78. The molecule has 0 aromatic heterocycles. The summed E-state index contributed by atoms with van der Waals surface area (Å²) in [5.74, 6) is -6.63. The first-order chi connectivity index (χ1) is 4.96. The molecule has 0 bridgehead atoms. The summed E-state index contributed by atoms with van der Waals surface area (Å²) >= 11 is 0. The highest BCUT2D eigenvalue weighted by Crippen LogP contribution is 2.29. The molecule has 0 unspecified atom stereocenters. The zero-order valence-corrected chi connectivity index (χ0v) is 6.60. The summed E-state index contributed by atoms with van der Waals surface area (Å²) in [6.45, 7) is 3.12. The molecule has 0 aromatic rings. The Morgan fingerprint density at radius 1 is 1.45 bits per heavy atom. The molecule has 0 saturated carbocycles. The number of hydrogen-bond donors (Lipinski definition) is 1. The number of alkyl halides is 2. The van der Waals surface area contributed by atoms with E-state index in [1.807, 2.05) is 0 Å². The Hall–Kier alpha value is -0.670. The summed E-state index contributed by atoms with van der Waals surface area (Å²) in [6, 6.07) is 0. The maximum Gasteiger partial charge on any atom is 0.374 e. The van der Waals surface area contributed by atoms with Gasteiger partial charge in [-0.15, -0.1) is 0 Å². The fourth-order valence-corrected chi connectivity index (χ4v) is 0.976. The summed E-state index contributed by atoms with van der Waals surface area (Å²) in [7, 11) is 0. The molecule has 0 amide bonds. The van der Waals surface area contributed by atoms with Crippen LogP contribution in [0.4, 0.5) is 8.78 Å². The van der Waals surface area contributed by atoms with Gasteiger partial charge in [0, 0.05) is 5.92 Å². The van der Waals surface area contributed by atoms with E-state index in [1.165, 1.54) is 0 Å². The van der Waals surface area contributed by atoms with Gasteiger partial charge >= 0.3 is 11.9 Å². The molecule has 0 heterocycles. The van der Waals surface area contributed by atoms with Gasteiger partial charge in [-0.1, -0.05) is 13.8 Å². The number of hydrogen-bond acceptors (Lipinski definition) is 1. The van der Waals surface area contributed by atoms with E-state index < -0.39 is 17.8 Å². The van der Waals surface area contributed by atoms with E-state index in [2.05, 4.69) is 0 Å². The van der Waals surface area contributed by atoms with Crippen LogP contribution in [0.3, 0.4) is 0 Å². The summed E-state index contributed by atoms with van der Waals surface area (Å²) in [4.78, 5) is 10.0. The van der Waals surface area contributed by atoms with E-state index in [9.17, 15) is 13.6 Å². The molecule has 0 aliphatic rings. The molecule has 0 aliphatic heterocycles. The SMILES string of the molecule is CCC(CC)C(F)(F)C(=O)O. The number of carboxylic acids is 1. The number of rotatable bonds is 4. The van der Waals surface area contributed by atoms with Gasteiger partial charge in [-0.25, -0.2) is 4.79 Å². The number of aliphatic carboxylic acids is 1. The van der Waals surface area contributed by atoms with Gasteiger partial charge in [0.05, 0.1) is 0 Å². The van der Waals surface area contributed by atoms with Crippen LogP contribution in [0.15, 0.2) is 0 Å². The molecular formula is C7H12F2O2. The van der Waals surface area contributed by atoms with Crippen LogP contribution in [0, 0.1) is 5.92 Å². The molecule has 0 fully saturated rings. The van der Waals surface area contributed by atoms with Gasteiger partial charge in [-0.3, -0.25) is 0 Å². The van der Waals surface area contributed by atoms with Crippen LogP contribution in [0.25, 0.3) is 0 Å². The second-order valence-electron chi connectivity index (χ2n) is 2.44. The van der Waals surface area contributed by atoms with Crippen LogP contribution in [-0.2, 0) is 4.79 Å². The lowest BCUT2D eigenvalue weighted by molar-refractivity contribution is -0.173. The predicted octanol–water partition coefficient (Wildman–Crippen LogP) is 2.14. The molecule has 0 spiro atoms. The van der Waals surface area contributed by atoms with Gasteiger partial charge in [0.2, 0.25) is 0 Å². The zero-order valence-electron chi connectivity index (χ0n) is 6.60. The molecule has 1 N–H and O–H groups in total. The van der Waals surface area contributed by atoms with Crippen molar-refractivity contribution < 1.29 is 18.7 Å². The first kappa shape index (κ1) is 10.3. The Bertz CT molecular complexity index is 141. The van der Waals surface area contributed by atoms with E-state index in [0.717, 1.165) is 0 Å². The summed E-state index contributed by atoms with van der Waals surface area (Å²) in [5, 5.41) is 8.12. The van der Waals surface area contributed by atoms with Crippen molar-refractivity contribution in [2.75, 3.05) is 0 Å². The molecule has 0 radical (unpaired) electrons. The lowest BCUT2D eigenvalue weighted by Crippen LogP contribution is -2.36. The lowest BCUT2D eigenvalue weighted by Gasteiger charge is -2.19. The minimum atomic E-state index is -3.57. The van der Waals surface area contributed by atoms with Crippen molar-refractivity contribution >= 4 is 5.97 Å². The number of halogens is 2. The van der Waals surface area contributed by atoms with E-state index in [-0.39, 0.29) is 12.8 Å². The van der Waals surface area contributed by atoms with Crippen LogP contribution in [0.2, 0.25) is 0 Å². The van der Waals surface area contributed by atoms with Crippen molar-refractivity contribution in [1.82, 2.24) is 0 Å². The predicted molar refractivity (Wildman–Crippen MR) is 36.7 cm³/mol. The Kier molecular flexibility index (Phi) is 3.42. The smallest absolute Gasteiger partial charge is 0.374 e. The van der Waals surface area contributed by atoms with E-state index in [1.54, 1.807) is 13.8 Å². The maximum absolute atomic E-state index is 12.6. The van der Waals surface area contributed by atoms with E-state index >= 15 is 0 Å². The summed E-state index contributed by atoms with van der Waals surface area (Å²) in [6.07, 6.45) is 0.381. The molecular weight excluding hydrogens is 154 g/mol. The molecule has 2 nitrogen and oxygen atoms in total. The Morgan fingerprint density at radius 3 is 1.91 bits per heavy atom. The molecule has 0 saturated heterocycles. The second kappa shape index (κ2) is 3.64. The zero-order chi connectivity index (χ0) is 9.07. The fraction of sp³-hybridized carbons (Fsp3) is 0.857. The highest BCUT2D eigenvalue weighted by Gasteiger charge is 2.45. The standard InChI is InChI=1S/C7H12F2O2/c1-3-5(4-2)7(8,9)6(10)11/h5H,3-4H2,1-2H3,(H,10,11). The average molecular weight is 166 g/mol. The highest BCUT2D eigenvalue weighted by atomic mass is 19.3. The minimum absolute atomic E-state index is 0.190. The first-order valence-corrected chi connectivity index (χ1v) is 3.58. The van der Waals surface area contributed by atoms with Gasteiger partial charge in [-0.2, -0.15) is 8.78 Å². The third-order valence-electron chi connectivity index (χ3n) is 1.78. The van der Waals surface area contributed by atoms with Crippen molar-refractivity contribution in [3.8, 4) is 0 Å². The molecule has 0 aromatic carbocycles. The molecule has 11 heavy (non-hydrogen) atoms. The van der Waals surface area contributed by atoms with Crippen LogP contribution < -0.4 is 0 Å². The van der Waals surface area contributed by atoms with Crippen LogP contribution in [-0.4, -0.2) is 17.0 Å². The Labute approximate surface area is 64.2 Å². The topological polar surface area (TPSA) is 37.3 Å². The normalized spacial score (nSPS) is 12.1.